The number of hydrogen-bond donors (Lipinski definition) is 0. The third kappa shape index (κ3) is 37.3. The molecule has 1 saturated heterocycles. The minimum atomic E-state index is -0.384. The predicted molar refractivity (Wildman–Crippen MR) is 244 cm³/mol. The first kappa shape index (κ1) is 54.3. The number of allylic oxidation sites excluding steroid dienone is 4. The van der Waals surface area contributed by atoms with E-state index in [2.05, 4.69) is 54.9 Å². The van der Waals surface area contributed by atoms with Crippen molar-refractivity contribution < 1.29 is 28.5 Å². The molecule has 0 aromatic heterocycles. The zero-order valence-electron chi connectivity index (χ0n) is 38.5. The van der Waals surface area contributed by atoms with Crippen molar-refractivity contribution in [2.24, 2.45) is 0 Å². The van der Waals surface area contributed by atoms with Crippen LogP contribution in [0.15, 0.2) is 24.3 Å². The van der Waals surface area contributed by atoms with Crippen LogP contribution in [-0.4, -0.2) is 93.7 Å². The Bertz CT molecular complexity index is 934. The molecule has 1 aliphatic rings. The summed E-state index contributed by atoms with van der Waals surface area (Å²) in [6.45, 7) is 14.6. The molecule has 0 aliphatic carbocycles. The molecule has 0 N–H and O–H groups in total. The van der Waals surface area contributed by atoms with Gasteiger partial charge in [-0.25, -0.2) is 0 Å². The zero-order chi connectivity index (χ0) is 41.8. The van der Waals surface area contributed by atoms with Gasteiger partial charge >= 0.3 is 11.9 Å². The smallest absolute Gasteiger partial charge is 0.307 e. The molecule has 0 radical (unpaired) electrons. The van der Waals surface area contributed by atoms with Crippen LogP contribution in [0.3, 0.4) is 0 Å². The Morgan fingerprint density at radius 1 is 0.517 bits per heavy atom. The lowest BCUT2D eigenvalue weighted by Crippen LogP contribution is -2.32. The van der Waals surface area contributed by atoms with Crippen molar-refractivity contribution in [3.8, 4) is 0 Å². The highest BCUT2D eigenvalue weighted by Crippen LogP contribution is 2.14. The summed E-state index contributed by atoms with van der Waals surface area (Å²) in [5.74, 6) is -0.520. The quantitative estimate of drug-likeness (QED) is 0.0260. The molecule has 0 spiro atoms. The van der Waals surface area contributed by atoms with E-state index < -0.39 is 0 Å². The van der Waals surface area contributed by atoms with E-state index in [0.29, 0.717) is 26.1 Å². The van der Waals surface area contributed by atoms with Gasteiger partial charge in [-0.2, -0.15) is 0 Å². The Morgan fingerprint density at radius 3 is 1.57 bits per heavy atom. The first-order valence-corrected chi connectivity index (χ1v) is 24.9. The first-order valence-electron chi connectivity index (χ1n) is 24.9. The molecule has 0 bridgehead atoms. The maximum atomic E-state index is 12.7. The van der Waals surface area contributed by atoms with E-state index in [1.807, 2.05) is 0 Å². The fourth-order valence-electron chi connectivity index (χ4n) is 7.53. The number of rotatable bonds is 44. The monoisotopic (exact) mass is 819 g/mol. The van der Waals surface area contributed by atoms with Crippen LogP contribution in [0.5, 0.6) is 0 Å². The van der Waals surface area contributed by atoms with Crippen molar-refractivity contribution in [1.29, 1.82) is 0 Å². The maximum Gasteiger partial charge on any atom is 0.307 e. The summed E-state index contributed by atoms with van der Waals surface area (Å²) in [7, 11) is 0. The number of carbonyl (C=O) groups excluding carboxylic acids is 2. The van der Waals surface area contributed by atoms with Gasteiger partial charge in [0.1, 0.15) is 13.2 Å². The lowest BCUT2D eigenvalue weighted by Gasteiger charge is -2.23. The van der Waals surface area contributed by atoms with Crippen molar-refractivity contribution in [2.75, 3.05) is 65.7 Å². The van der Waals surface area contributed by atoms with Crippen molar-refractivity contribution in [1.82, 2.24) is 9.80 Å². The lowest BCUT2D eigenvalue weighted by molar-refractivity contribution is -0.161. The van der Waals surface area contributed by atoms with Crippen LogP contribution >= 0.6 is 0 Å². The van der Waals surface area contributed by atoms with Crippen LogP contribution in [-0.2, 0) is 28.5 Å². The SMILES string of the molecule is CCCCC/C=C\C/C=C\CCCCCCCCN(CCCN1CCCC1)CCC(=O)OCCOC(=O)CCC(OCCCCCCCC)OCCCCCCCC. The molecule has 1 aliphatic heterocycles. The Balaban J connectivity index is 2.29. The van der Waals surface area contributed by atoms with Gasteiger partial charge in [-0.05, 0) is 103 Å². The Kier molecular flexibility index (Phi) is 40.6. The van der Waals surface area contributed by atoms with Gasteiger partial charge in [0.05, 0.1) is 12.8 Å². The second-order valence-corrected chi connectivity index (χ2v) is 16.8. The molecule has 8 heteroatoms. The van der Waals surface area contributed by atoms with Gasteiger partial charge in [-0.15, -0.1) is 0 Å². The van der Waals surface area contributed by atoms with Gasteiger partial charge in [0.15, 0.2) is 6.29 Å². The van der Waals surface area contributed by atoms with Crippen LogP contribution in [0.2, 0.25) is 0 Å². The van der Waals surface area contributed by atoms with E-state index in [0.717, 1.165) is 51.9 Å². The number of hydrogen-bond acceptors (Lipinski definition) is 8. The number of likely N-dealkylation sites (tertiary alicyclic amines) is 1. The van der Waals surface area contributed by atoms with Crippen molar-refractivity contribution in [3.63, 3.8) is 0 Å². The highest BCUT2D eigenvalue weighted by Gasteiger charge is 2.15. The average molecular weight is 819 g/mol. The fourth-order valence-corrected chi connectivity index (χ4v) is 7.53. The molecular weight excluding hydrogens is 725 g/mol. The summed E-state index contributed by atoms with van der Waals surface area (Å²) in [6, 6.07) is 0. The summed E-state index contributed by atoms with van der Waals surface area (Å²) in [4.78, 5) is 30.3. The van der Waals surface area contributed by atoms with Crippen LogP contribution in [0, 0.1) is 0 Å². The second-order valence-electron chi connectivity index (χ2n) is 16.8. The number of nitrogens with zero attached hydrogens (tertiary/aromatic N) is 2. The Hall–Kier alpha value is -1.74. The van der Waals surface area contributed by atoms with Crippen LogP contribution < -0.4 is 0 Å². The largest absolute Gasteiger partial charge is 0.462 e. The number of unbranched alkanes of at least 4 members (excludes halogenated alkanes) is 19. The molecule has 0 saturated carbocycles. The minimum absolute atomic E-state index is 0.0822. The van der Waals surface area contributed by atoms with Gasteiger partial charge in [0.2, 0.25) is 0 Å². The predicted octanol–water partition coefficient (Wildman–Crippen LogP) is 12.9. The average Bonchev–Trinajstić information content (AvgIpc) is 3.75. The summed E-state index contributed by atoms with van der Waals surface area (Å²) in [5, 5.41) is 0. The summed E-state index contributed by atoms with van der Waals surface area (Å²) < 4.78 is 23.0. The van der Waals surface area contributed by atoms with E-state index in [-0.39, 0.29) is 37.9 Å². The molecular formula is C50H94N2O6. The van der Waals surface area contributed by atoms with Crippen molar-refractivity contribution >= 4 is 11.9 Å². The number of ether oxygens (including phenoxy) is 4. The summed E-state index contributed by atoms with van der Waals surface area (Å²) in [6.07, 6.45) is 43.3. The van der Waals surface area contributed by atoms with Gasteiger partial charge in [-0.1, -0.05) is 148 Å². The molecule has 1 fully saturated rings. The van der Waals surface area contributed by atoms with Crippen LogP contribution in [0.25, 0.3) is 0 Å². The molecule has 0 unspecified atom stereocenters. The van der Waals surface area contributed by atoms with Gasteiger partial charge in [0.25, 0.3) is 0 Å². The molecule has 0 aromatic carbocycles. The minimum Gasteiger partial charge on any atom is -0.462 e. The van der Waals surface area contributed by atoms with Crippen molar-refractivity contribution in [2.45, 2.75) is 220 Å². The van der Waals surface area contributed by atoms with E-state index >= 15 is 0 Å². The third-order valence-corrected chi connectivity index (χ3v) is 11.3. The molecule has 1 rings (SSSR count). The van der Waals surface area contributed by atoms with E-state index in [1.165, 1.54) is 161 Å². The normalized spacial score (nSPS) is 13.6. The molecule has 58 heavy (non-hydrogen) atoms. The Morgan fingerprint density at radius 2 is 0.983 bits per heavy atom. The standard InChI is InChI=1S/C50H94N2O6/c1-4-7-10-13-16-17-18-19-20-21-22-23-24-25-26-29-38-52(42-34-41-51-39-30-31-40-51)43-37-49(54)56-47-46-55-48(53)35-36-50(57-44-32-27-14-11-8-5-2)58-45-33-28-15-12-9-6-3/h16-17,19-20,50H,4-15,18,21-47H2,1-3H3/b17-16-,20-19-. The van der Waals surface area contributed by atoms with Crippen LogP contribution in [0.4, 0.5) is 0 Å². The van der Waals surface area contributed by atoms with Gasteiger partial charge < -0.3 is 28.7 Å². The van der Waals surface area contributed by atoms with Crippen LogP contribution in [0.1, 0.15) is 213 Å². The topological polar surface area (TPSA) is 77.5 Å². The Labute approximate surface area is 359 Å². The van der Waals surface area contributed by atoms with E-state index in [4.69, 9.17) is 18.9 Å². The zero-order valence-corrected chi connectivity index (χ0v) is 38.5. The number of esters is 2. The van der Waals surface area contributed by atoms with Gasteiger partial charge in [-0.3, -0.25) is 9.59 Å². The second kappa shape index (κ2) is 43.4. The fraction of sp³-hybridized carbons (Fsp3) is 0.880. The summed E-state index contributed by atoms with van der Waals surface area (Å²) in [5.41, 5.74) is 0. The van der Waals surface area contributed by atoms with E-state index in [9.17, 15) is 9.59 Å². The van der Waals surface area contributed by atoms with Gasteiger partial charge in [0, 0.05) is 26.2 Å². The first-order chi connectivity index (χ1) is 28.6. The summed E-state index contributed by atoms with van der Waals surface area (Å²) >= 11 is 0. The molecule has 0 aromatic rings. The molecule has 1 heterocycles. The number of carbonyl (C=O) groups is 2. The molecule has 0 atom stereocenters. The highest BCUT2D eigenvalue weighted by atomic mass is 16.7. The lowest BCUT2D eigenvalue weighted by atomic mass is 10.1. The molecule has 340 valence electrons. The molecule has 0 amide bonds. The highest BCUT2D eigenvalue weighted by molar-refractivity contribution is 5.70. The third-order valence-electron chi connectivity index (χ3n) is 11.3. The maximum absolute atomic E-state index is 12.7. The van der Waals surface area contributed by atoms with E-state index in [1.54, 1.807) is 0 Å². The van der Waals surface area contributed by atoms with Crippen molar-refractivity contribution in [3.05, 3.63) is 24.3 Å². The molecule has 8 nitrogen and oxygen atoms in total.